The Bertz CT molecular complexity index is 470. The Kier molecular flexibility index (Phi) is 2.99. The monoisotopic (exact) mass is 235 g/mol. The maximum absolute atomic E-state index is 11.7. The number of carbonyl (C=O) groups is 2. The lowest BCUT2D eigenvalue weighted by Crippen LogP contribution is -2.36. The highest BCUT2D eigenvalue weighted by atomic mass is 16.5. The van der Waals surface area contributed by atoms with Crippen molar-refractivity contribution < 1.29 is 19.1 Å². The summed E-state index contributed by atoms with van der Waals surface area (Å²) in [6.45, 7) is 0. The molecule has 1 atom stereocenters. The van der Waals surface area contributed by atoms with Crippen LogP contribution in [0.3, 0.4) is 0 Å². The summed E-state index contributed by atoms with van der Waals surface area (Å²) < 4.78 is 9.70. The molecule has 0 radical (unpaired) electrons. The van der Waals surface area contributed by atoms with Crippen LogP contribution < -0.4 is 10.1 Å². The van der Waals surface area contributed by atoms with E-state index < -0.39 is 11.9 Å². The molecule has 1 amide bonds. The minimum atomic E-state index is -0.778. The number of nitrogens with one attached hydrogen (secondary N) is 1. The number of ether oxygens (including phenoxy) is 2. The second kappa shape index (κ2) is 4.45. The SMILES string of the molecule is COC(=O)C1Cc2cc(OC)ccc2NC1=O. The molecule has 0 saturated heterocycles. The molecule has 0 aromatic heterocycles. The molecule has 1 aromatic carbocycles. The molecule has 5 nitrogen and oxygen atoms in total. The molecular weight excluding hydrogens is 222 g/mol. The van der Waals surface area contributed by atoms with Gasteiger partial charge >= 0.3 is 5.97 Å². The van der Waals surface area contributed by atoms with E-state index in [-0.39, 0.29) is 5.91 Å². The van der Waals surface area contributed by atoms with Crippen LogP contribution in [0.25, 0.3) is 0 Å². The van der Waals surface area contributed by atoms with Gasteiger partial charge in [0.2, 0.25) is 5.91 Å². The Morgan fingerprint density at radius 1 is 1.41 bits per heavy atom. The van der Waals surface area contributed by atoms with Gasteiger partial charge in [0.25, 0.3) is 0 Å². The van der Waals surface area contributed by atoms with E-state index in [0.717, 1.165) is 11.3 Å². The zero-order valence-electron chi connectivity index (χ0n) is 9.65. The number of amides is 1. The second-order valence-corrected chi connectivity index (χ2v) is 3.79. The molecule has 0 spiro atoms. The predicted octanol–water partition coefficient (Wildman–Crippen LogP) is 0.979. The molecule has 1 heterocycles. The Balaban J connectivity index is 2.31. The highest BCUT2D eigenvalue weighted by Gasteiger charge is 2.32. The first kappa shape index (κ1) is 11.4. The number of rotatable bonds is 2. The first-order chi connectivity index (χ1) is 8.15. The van der Waals surface area contributed by atoms with Gasteiger partial charge in [-0.1, -0.05) is 0 Å². The fourth-order valence-corrected chi connectivity index (χ4v) is 1.85. The van der Waals surface area contributed by atoms with Crippen molar-refractivity contribution in [1.82, 2.24) is 0 Å². The summed E-state index contributed by atoms with van der Waals surface area (Å²) in [6, 6.07) is 5.34. The first-order valence-electron chi connectivity index (χ1n) is 5.21. The number of anilines is 1. The zero-order valence-corrected chi connectivity index (χ0v) is 9.65. The summed E-state index contributed by atoms with van der Waals surface area (Å²) in [5, 5.41) is 2.68. The van der Waals surface area contributed by atoms with Gasteiger partial charge in [-0.15, -0.1) is 0 Å². The number of methoxy groups -OCH3 is 2. The first-order valence-corrected chi connectivity index (χ1v) is 5.21. The fraction of sp³-hybridized carbons (Fsp3) is 0.333. The molecule has 1 N–H and O–H groups in total. The Hall–Kier alpha value is -2.04. The average molecular weight is 235 g/mol. The standard InChI is InChI=1S/C12H13NO4/c1-16-8-3-4-10-7(5-8)6-9(11(14)13-10)12(15)17-2/h3-5,9H,6H2,1-2H3,(H,13,14). The molecule has 90 valence electrons. The van der Waals surface area contributed by atoms with Gasteiger partial charge in [-0.3, -0.25) is 9.59 Å². The predicted molar refractivity (Wildman–Crippen MR) is 60.8 cm³/mol. The van der Waals surface area contributed by atoms with Crippen LogP contribution in [0.4, 0.5) is 5.69 Å². The number of benzene rings is 1. The van der Waals surface area contributed by atoms with Crippen molar-refractivity contribution in [2.75, 3.05) is 19.5 Å². The number of fused-ring (bicyclic) bond motifs is 1. The van der Waals surface area contributed by atoms with Gasteiger partial charge < -0.3 is 14.8 Å². The Morgan fingerprint density at radius 2 is 2.18 bits per heavy atom. The molecule has 0 saturated carbocycles. The van der Waals surface area contributed by atoms with Crippen molar-refractivity contribution in [3.8, 4) is 5.75 Å². The quantitative estimate of drug-likeness (QED) is 0.613. The van der Waals surface area contributed by atoms with Crippen LogP contribution in [-0.2, 0) is 20.7 Å². The lowest BCUT2D eigenvalue weighted by atomic mass is 9.93. The summed E-state index contributed by atoms with van der Waals surface area (Å²) in [7, 11) is 2.84. The number of esters is 1. The molecule has 1 unspecified atom stereocenters. The minimum absolute atomic E-state index is 0.325. The summed E-state index contributed by atoms with van der Waals surface area (Å²) >= 11 is 0. The van der Waals surface area contributed by atoms with Gasteiger partial charge in [-0.2, -0.15) is 0 Å². The van der Waals surface area contributed by atoms with E-state index in [4.69, 9.17) is 4.74 Å². The zero-order chi connectivity index (χ0) is 12.4. The van der Waals surface area contributed by atoms with Crippen molar-refractivity contribution in [3.63, 3.8) is 0 Å². The fourth-order valence-electron chi connectivity index (χ4n) is 1.85. The number of carbonyl (C=O) groups excluding carboxylic acids is 2. The third-order valence-electron chi connectivity index (χ3n) is 2.80. The van der Waals surface area contributed by atoms with Gasteiger partial charge in [-0.25, -0.2) is 0 Å². The minimum Gasteiger partial charge on any atom is -0.497 e. The largest absolute Gasteiger partial charge is 0.497 e. The maximum Gasteiger partial charge on any atom is 0.318 e. The van der Waals surface area contributed by atoms with Crippen molar-refractivity contribution in [3.05, 3.63) is 23.8 Å². The summed E-state index contributed by atoms with van der Waals surface area (Å²) in [5.41, 5.74) is 1.59. The average Bonchev–Trinajstić information content (AvgIpc) is 2.36. The van der Waals surface area contributed by atoms with Crippen molar-refractivity contribution >= 4 is 17.6 Å². The number of hydrogen-bond donors (Lipinski definition) is 1. The lowest BCUT2D eigenvalue weighted by molar-refractivity contribution is -0.148. The molecular formula is C12H13NO4. The van der Waals surface area contributed by atoms with Crippen LogP contribution in [0.2, 0.25) is 0 Å². The van der Waals surface area contributed by atoms with E-state index in [2.05, 4.69) is 10.1 Å². The topological polar surface area (TPSA) is 64.6 Å². The maximum atomic E-state index is 11.7. The molecule has 1 aromatic rings. The van der Waals surface area contributed by atoms with Crippen molar-refractivity contribution in [2.24, 2.45) is 5.92 Å². The smallest absolute Gasteiger partial charge is 0.318 e. The molecule has 1 aliphatic rings. The van der Waals surface area contributed by atoms with E-state index in [1.54, 1.807) is 19.2 Å². The molecule has 1 aliphatic heterocycles. The highest BCUT2D eigenvalue weighted by molar-refractivity contribution is 6.07. The van der Waals surface area contributed by atoms with Crippen molar-refractivity contribution in [2.45, 2.75) is 6.42 Å². The Labute approximate surface area is 98.7 Å². The van der Waals surface area contributed by atoms with Gasteiger partial charge in [0.05, 0.1) is 14.2 Å². The van der Waals surface area contributed by atoms with Crippen LogP contribution >= 0.6 is 0 Å². The highest BCUT2D eigenvalue weighted by Crippen LogP contribution is 2.29. The molecule has 0 bridgehead atoms. The third kappa shape index (κ3) is 2.08. The summed E-state index contributed by atoms with van der Waals surface area (Å²) in [6.07, 6.45) is 0.338. The van der Waals surface area contributed by atoms with E-state index >= 15 is 0 Å². The van der Waals surface area contributed by atoms with E-state index in [1.807, 2.05) is 6.07 Å². The van der Waals surface area contributed by atoms with Gasteiger partial charge in [-0.05, 0) is 30.2 Å². The van der Waals surface area contributed by atoms with Crippen LogP contribution in [0.5, 0.6) is 5.75 Å². The molecule has 0 fully saturated rings. The molecule has 17 heavy (non-hydrogen) atoms. The van der Waals surface area contributed by atoms with Crippen LogP contribution in [-0.4, -0.2) is 26.1 Å². The number of hydrogen-bond acceptors (Lipinski definition) is 4. The Morgan fingerprint density at radius 3 is 2.82 bits per heavy atom. The third-order valence-corrected chi connectivity index (χ3v) is 2.80. The summed E-state index contributed by atoms with van der Waals surface area (Å²) in [4.78, 5) is 23.1. The van der Waals surface area contributed by atoms with E-state index in [0.29, 0.717) is 12.2 Å². The van der Waals surface area contributed by atoms with Gasteiger partial charge in [0, 0.05) is 5.69 Å². The van der Waals surface area contributed by atoms with E-state index in [9.17, 15) is 9.59 Å². The summed E-state index contributed by atoms with van der Waals surface area (Å²) in [5.74, 6) is -0.923. The lowest BCUT2D eigenvalue weighted by Gasteiger charge is -2.23. The van der Waals surface area contributed by atoms with Crippen LogP contribution in [0.15, 0.2) is 18.2 Å². The molecule has 5 heteroatoms. The van der Waals surface area contributed by atoms with Crippen LogP contribution in [0, 0.1) is 5.92 Å². The van der Waals surface area contributed by atoms with Gasteiger partial charge in [0.1, 0.15) is 11.7 Å². The normalized spacial score (nSPS) is 18.0. The van der Waals surface area contributed by atoms with Crippen LogP contribution in [0.1, 0.15) is 5.56 Å². The molecule has 2 rings (SSSR count). The van der Waals surface area contributed by atoms with Gasteiger partial charge in [0.15, 0.2) is 0 Å². The van der Waals surface area contributed by atoms with Crippen molar-refractivity contribution in [1.29, 1.82) is 0 Å². The second-order valence-electron chi connectivity index (χ2n) is 3.79. The van der Waals surface area contributed by atoms with E-state index in [1.165, 1.54) is 7.11 Å². The molecule has 0 aliphatic carbocycles.